The highest BCUT2D eigenvalue weighted by atomic mass is 35.5. The Hall–Kier alpha value is 0.0800. The highest BCUT2D eigenvalue weighted by Crippen LogP contribution is 2.66. The smallest absolute Gasteiger partial charge is 0.311 e. The zero-order chi connectivity index (χ0) is 14.4. The van der Waals surface area contributed by atoms with Crippen LogP contribution in [0.25, 0.3) is 0 Å². The summed E-state index contributed by atoms with van der Waals surface area (Å²) in [6.07, 6.45) is 3.22. The molecule has 2 saturated carbocycles. The molecule has 0 spiro atoms. The zero-order valence-electron chi connectivity index (χ0n) is 11.4. The third kappa shape index (κ3) is 2.52. The fraction of sp³-hybridized carbons (Fsp3) is 0.786. The molecule has 0 aromatic rings. The third-order valence-corrected chi connectivity index (χ3v) is 6.46. The number of hydrogen-bond acceptors (Lipinski definition) is 2. The average Bonchev–Trinajstić information content (AvgIpc) is 2.61. The van der Waals surface area contributed by atoms with Crippen molar-refractivity contribution in [2.75, 3.05) is 0 Å². The lowest BCUT2D eigenvalue weighted by Gasteiger charge is -2.38. The Morgan fingerprint density at radius 3 is 2.32 bits per heavy atom. The summed E-state index contributed by atoms with van der Waals surface area (Å²) >= 11 is 16.8. The molecule has 2 bridgehead atoms. The van der Waals surface area contributed by atoms with E-state index in [1.54, 1.807) is 0 Å². The predicted octanol–water partition coefficient (Wildman–Crippen LogP) is 5.02. The molecule has 5 heteroatoms. The molecule has 108 valence electrons. The fourth-order valence-electron chi connectivity index (χ4n) is 3.70. The van der Waals surface area contributed by atoms with Gasteiger partial charge in [-0.15, -0.1) is 0 Å². The van der Waals surface area contributed by atoms with Crippen LogP contribution >= 0.6 is 34.8 Å². The molecular weight excluding hydrogens is 307 g/mol. The molecule has 0 saturated heterocycles. The second-order valence-electron chi connectivity index (χ2n) is 6.43. The monoisotopic (exact) mass is 324 g/mol. The van der Waals surface area contributed by atoms with Crippen LogP contribution in [-0.2, 0) is 9.53 Å². The summed E-state index contributed by atoms with van der Waals surface area (Å²) in [6.45, 7) is 6.78. The van der Waals surface area contributed by atoms with Crippen molar-refractivity contribution in [1.82, 2.24) is 0 Å². The van der Waals surface area contributed by atoms with Crippen LogP contribution in [0.2, 0.25) is 0 Å². The number of halogens is 3. The fourth-order valence-corrected chi connectivity index (χ4v) is 3.95. The van der Waals surface area contributed by atoms with E-state index < -0.39 is 0 Å². The SMILES string of the molecule is CC1(C)[C@H]2CC[C@]1(C)[C@H](OC(=O)CC(Cl)=C(Cl)Cl)C2. The van der Waals surface area contributed by atoms with Crippen molar-refractivity contribution in [3.05, 3.63) is 9.52 Å². The maximum Gasteiger partial charge on any atom is 0.311 e. The maximum absolute atomic E-state index is 11.9. The van der Waals surface area contributed by atoms with E-state index in [0.29, 0.717) is 5.92 Å². The predicted molar refractivity (Wildman–Crippen MR) is 78.3 cm³/mol. The molecule has 0 N–H and O–H groups in total. The van der Waals surface area contributed by atoms with E-state index >= 15 is 0 Å². The van der Waals surface area contributed by atoms with Crippen molar-refractivity contribution >= 4 is 40.8 Å². The summed E-state index contributed by atoms with van der Waals surface area (Å²) < 4.78 is 5.56. The zero-order valence-corrected chi connectivity index (χ0v) is 13.7. The Morgan fingerprint density at radius 1 is 1.26 bits per heavy atom. The second-order valence-corrected chi connectivity index (χ2v) is 7.84. The second kappa shape index (κ2) is 5.13. The van der Waals surface area contributed by atoms with Gasteiger partial charge in [0.1, 0.15) is 10.6 Å². The number of hydrogen-bond donors (Lipinski definition) is 0. The van der Waals surface area contributed by atoms with Gasteiger partial charge in [-0.3, -0.25) is 4.79 Å². The van der Waals surface area contributed by atoms with Crippen molar-refractivity contribution in [1.29, 1.82) is 0 Å². The molecule has 2 rings (SSSR count). The summed E-state index contributed by atoms with van der Waals surface area (Å²) in [6, 6.07) is 0. The van der Waals surface area contributed by atoms with E-state index in [1.807, 2.05) is 0 Å². The lowest BCUT2D eigenvalue weighted by molar-refractivity contribution is -0.155. The summed E-state index contributed by atoms with van der Waals surface area (Å²) in [4.78, 5) is 11.9. The summed E-state index contributed by atoms with van der Waals surface area (Å²) in [5.74, 6) is 0.288. The molecule has 3 atom stereocenters. The van der Waals surface area contributed by atoms with Crippen LogP contribution in [0.3, 0.4) is 0 Å². The van der Waals surface area contributed by atoms with Crippen LogP contribution in [0.15, 0.2) is 9.52 Å². The molecule has 0 radical (unpaired) electrons. The van der Waals surface area contributed by atoms with Gasteiger partial charge >= 0.3 is 5.97 Å². The van der Waals surface area contributed by atoms with Gasteiger partial charge in [-0.2, -0.15) is 0 Å². The number of carbonyl (C=O) groups excluding carboxylic acids is 1. The van der Waals surface area contributed by atoms with Gasteiger partial charge in [0, 0.05) is 5.41 Å². The highest BCUT2D eigenvalue weighted by molar-refractivity contribution is 6.59. The highest BCUT2D eigenvalue weighted by Gasteiger charge is 2.62. The first-order valence-electron chi connectivity index (χ1n) is 6.57. The minimum absolute atomic E-state index is 0.0210. The number of fused-ring (bicyclic) bond motifs is 2. The molecule has 19 heavy (non-hydrogen) atoms. The molecule has 0 unspecified atom stereocenters. The van der Waals surface area contributed by atoms with Crippen LogP contribution in [0.4, 0.5) is 0 Å². The first kappa shape index (κ1) is 15.5. The Bertz CT molecular complexity index is 426. The summed E-state index contributed by atoms with van der Waals surface area (Å²) in [7, 11) is 0. The van der Waals surface area contributed by atoms with Crippen molar-refractivity contribution in [3.63, 3.8) is 0 Å². The van der Waals surface area contributed by atoms with E-state index in [4.69, 9.17) is 39.5 Å². The van der Waals surface area contributed by atoms with Crippen LogP contribution < -0.4 is 0 Å². The molecule has 0 heterocycles. The molecule has 0 aliphatic heterocycles. The molecule has 2 aliphatic rings. The normalized spacial score (nSPS) is 35.3. The molecule has 0 aromatic carbocycles. The van der Waals surface area contributed by atoms with Crippen molar-refractivity contribution < 1.29 is 9.53 Å². The van der Waals surface area contributed by atoms with E-state index in [2.05, 4.69) is 20.8 Å². The largest absolute Gasteiger partial charge is 0.461 e. The Balaban J connectivity index is 2.03. The van der Waals surface area contributed by atoms with E-state index in [1.165, 1.54) is 6.42 Å². The molecule has 2 fully saturated rings. The quantitative estimate of drug-likeness (QED) is 0.681. The third-order valence-electron chi connectivity index (χ3n) is 5.49. The maximum atomic E-state index is 11.9. The molecular formula is C14H19Cl3O2. The van der Waals surface area contributed by atoms with Gasteiger partial charge in [-0.25, -0.2) is 0 Å². The Labute approximate surface area is 129 Å². The molecule has 2 nitrogen and oxygen atoms in total. The van der Waals surface area contributed by atoms with Gasteiger partial charge in [-0.1, -0.05) is 55.6 Å². The lowest BCUT2D eigenvalue weighted by atomic mass is 9.70. The summed E-state index contributed by atoms with van der Waals surface area (Å²) in [5.41, 5.74) is 0.288. The van der Waals surface area contributed by atoms with E-state index in [9.17, 15) is 4.79 Å². The summed E-state index contributed by atoms with van der Waals surface area (Å²) in [5, 5.41) is 0.140. The first-order chi connectivity index (χ1) is 8.68. The first-order valence-corrected chi connectivity index (χ1v) is 7.71. The van der Waals surface area contributed by atoms with Gasteiger partial charge in [0.2, 0.25) is 0 Å². The lowest BCUT2D eigenvalue weighted by Crippen LogP contribution is -2.38. The number of carbonyl (C=O) groups is 1. The molecule has 0 aromatic heterocycles. The van der Waals surface area contributed by atoms with Crippen molar-refractivity contribution in [2.45, 2.75) is 52.6 Å². The number of rotatable bonds is 3. The van der Waals surface area contributed by atoms with Gasteiger partial charge in [0.25, 0.3) is 0 Å². The van der Waals surface area contributed by atoms with E-state index in [-0.39, 0.29) is 38.8 Å². The standard InChI is InChI=1S/C14H19Cl3O2/c1-13(2)8-4-5-14(13,3)10(6-8)19-11(18)7-9(15)12(16)17/h8,10H,4-7H2,1-3H3/t8-,10+,14+/m0/s1. The number of ether oxygens (including phenoxy) is 1. The Kier molecular flexibility index (Phi) is 4.17. The Morgan fingerprint density at radius 2 is 1.89 bits per heavy atom. The van der Waals surface area contributed by atoms with Crippen LogP contribution in [0, 0.1) is 16.7 Å². The topological polar surface area (TPSA) is 26.3 Å². The van der Waals surface area contributed by atoms with Gasteiger partial charge in [0.15, 0.2) is 0 Å². The van der Waals surface area contributed by atoms with Crippen molar-refractivity contribution in [2.24, 2.45) is 16.7 Å². The number of esters is 1. The van der Waals surface area contributed by atoms with Gasteiger partial charge in [0.05, 0.1) is 11.5 Å². The van der Waals surface area contributed by atoms with Crippen LogP contribution in [0.5, 0.6) is 0 Å². The van der Waals surface area contributed by atoms with Crippen LogP contribution in [0.1, 0.15) is 46.5 Å². The average molecular weight is 326 g/mol. The molecule has 2 aliphatic carbocycles. The molecule has 0 amide bonds. The van der Waals surface area contributed by atoms with Crippen molar-refractivity contribution in [3.8, 4) is 0 Å². The minimum Gasteiger partial charge on any atom is -0.461 e. The minimum atomic E-state index is -0.349. The van der Waals surface area contributed by atoms with Gasteiger partial charge < -0.3 is 4.74 Å². The van der Waals surface area contributed by atoms with Crippen LogP contribution in [-0.4, -0.2) is 12.1 Å². The van der Waals surface area contributed by atoms with E-state index in [0.717, 1.165) is 12.8 Å². The van der Waals surface area contributed by atoms with Gasteiger partial charge in [-0.05, 0) is 30.6 Å².